The summed E-state index contributed by atoms with van der Waals surface area (Å²) in [4.78, 5) is 254. The zero-order valence-electron chi connectivity index (χ0n) is 77.0. The number of benzene rings is 8. The van der Waals surface area contributed by atoms with Crippen LogP contribution in [0.3, 0.4) is 0 Å². The lowest BCUT2D eigenvalue weighted by Gasteiger charge is -2.24. The van der Waals surface area contributed by atoms with Crippen LogP contribution in [0.4, 0.5) is 45.5 Å². The first kappa shape index (κ1) is 94.4. The fraction of sp³-hybridized carbons (Fsp3) is 0.0175. The monoisotopic (exact) mass is 2050 g/mol. The van der Waals surface area contributed by atoms with Crippen molar-refractivity contribution in [1.82, 2.24) is 29.9 Å². The van der Waals surface area contributed by atoms with Gasteiger partial charge in [-0.25, -0.2) is 9.13 Å². The Balaban J connectivity index is 0.000000119. The molecule has 0 unspecified atom stereocenters. The van der Waals surface area contributed by atoms with E-state index >= 15 is 0 Å². The molecule has 33 heteroatoms. The van der Waals surface area contributed by atoms with E-state index in [1.807, 2.05) is 14.1 Å². The van der Waals surface area contributed by atoms with Crippen LogP contribution in [0.15, 0.2) is 436 Å². The standard InChI is InChI=1S/2C29H19N4O4.2C28H16N4O4.HI/c2*1-31-16-12-19(13-17-31)29(37)33-23-9-5-3-7-21(23)27(35)25(33)24-26(34)20-6-2-4-8-22(20)32(24)28(36)18-10-14-30-15-11-18;2*33-25-19-5-1-3-7-21(19)31(27(35)17-9-13-29-14-10-17)23(25)24-26(34)20-6-2-4-8-22(20)32(24)28(36)18-11-15-30-16-12-18;/h2*2-17H,1H3;2*1-16H;1H/q2*+1;;;/p-1/b2*25-24+;2*24-23+;. The van der Waals surface area contributed by atoms with Crippen LogP contribution >= 0.6 is 0 Å². The van der Waals surface area contributed by atoms with Crippen LogP contribution in [0.25, 0.3) is 0 Å². The number of carbonyl (C=O) groups excluding carboxylic acids is 16. The molecule has 8 aromatic carbocycles. The average Bonchev–Trinajstić information content (AvgIpc) is 1.57. The Bertz CT molecular complexity index is 7790. The van der Waals surface area contributed by atoms with Crippen molar-refractivity contribution >= 4 is 139 Å². The Morgan fingerprint density at radius 1 is 0.170 bits per heavy atom. The molecule has 32 nitrogen and oxygen atoms in total. The van der Waals surface area contributed by atoms with E-state index in [0.29, 0.717) is 56.6 Å². The van der Waals surface area contributed by atoms with E-state index in [-0.39, 0.29) is 147 Å². The number of anilines is 8. The van der Waals surface area contributed by atoms with Crippen LogP contribution in [0.2, 0.25) is 0 Å². The van der Waals surface area contributed by atoms with Crippen molar-refractivity contribution in [3.05, 3.63) is 525 Å². The SMILES string of the molecule is C[n+]1ccc(C(=O)N2/C(=C3\C(=O)c4ccccc4N3C(=O)c3ccncc3)C(=O)c3ccccc32)cc1.C[n+]1ccc(C(=O)N2/C(=C3\C(=O)c4ccccc4N3C(=O)c3ccncc3)C(=O)c3ccccc32)cc1.O=C1/C(=C2/C(=O)c3ccccc3N2C(=O)c2ccncc2)N(C(=O)c2ccncc2)c2ccccc21.O=C1/C(=C2/C(=O)c3ccccc3N2C(=O)c2ccncc2)N(C(=O)c2ccncc2)c2ccccc21.[I-]. The number of pyridine rings is 8. The van der Waals surface area contributed by atoms with Gasteiger partial charge in [-0.05, 0) is 170 Å². The molecule has 0 N–H and O–H groups in total. The summed E-state index contributed by atoms with van der Waals surface area (Å²) in [7, 11) is 3.65. The number of fused-ring (bicyclic) bond motifs is 8. The summed E-state index contributed by atoms with van der Waals surface area (Å²) < 4.78 is 3.57. The molecule has 8 aliphatic heterocycles. The van der Waals surface area contributed by atoms with Gasteiger partial charge in [-0.3, -0.25) is 146 Å². The predicted octanol–water partition coefficient (Wildman–Crippen LogP) is 12.2. The number of para-hydroxylation sites is 8. The zero-order valence-corrected chi connectivity index (χ0v) is 79.2. The molecule has 708 valence electrons. The molecule has 0 aliphatic carbocycles. The number of ketones is 8. The lowest BCUT2D eigenvalue weighted by molar-refractivity contribution is -0.671. The van der Waals surface area contributed by atoms with Crippen molar-refractivity contribution in [3.8, 4) is 0 Å². The van der Waals surface area contributed by atoms with Gasteiger partial charge in [0.25, 0.3) is 47.3 Å². The highest BCUT2D eigenvalue weighted by Crippen LogP contribution is 2.50. The van der Waals surface area contributed by atoms with Gasteiger partial charge in [-0.2, -0.15) is 0 Å². The number of aromatic nitrogens is 8. The van der Waals surface area contributed by atoms with Crippen molar-refractivity contribution < 1.29 is 110 Å². The maximum Gasteiger partial charge on any atom is 0.263 e. The fourth-order valence-electron chi connectivity index (χ4n) is 18.4. The number of nitrogens with zero attached hydrogens (tertiary/aromatic N) is 16. The molecular weight excluding hydrogens is 1980 g/mol. The Kier molecular flexibility index (Phi) is 25.1. The number of carbonyl (C=O) groups is 16. The minimum absolute atomic E-state index is 0. The van der Waals surface area contributed by atoms with E-state index in [1.165, 1.54) is 186 Å². The molecule has 0 saturated carbocycles. The highest BCUT2D eigenvalue weighted by Gasteiger charge is 2.53. The van der Waals surface area contributed by atoms with Gasteiger partial charge in [0, 0.05) is 177 Å². The van der Waals surface area contributed by atoms with Crippen molar-refractivity contribution in [3.63, 3.8) is 0 Å². The first-order valence-corrected chi connectivity index (χ1v) is 45.2. The number of allylic oxidation sites excluding steroid dienone is 8. The molecule has 0 radical (unpaired) electrons. The van der Waals surface area contributed by atoms with Crippen LogP contribution in [0, 0.1) is 0 Å². The average molecular weight is 2050 g/mol. The highest BCUT2D eigenvalue weighted by molar-refractivity contribution is 6.41. The number of hydrogen-bond acceptors (Lipinski definition) is 22. The molecule has 0 bridgehead atoms. The highest BCUT2D eigenvalue weighted by atomic mass is 127. The van der Waals surface area contributed by atoms with Gasteiger partial charge in [0.1, 0.15) is 59.7 Å². The van der Waals surface area contributed by atoms with Crippen LogP contribution in [0.5, 0.6) is 0 Å². The summed E-state index contributed by atoms with van der Waals surface area (Å²) in [6.45, 7) is 0. The molecule has 0 spiro atoms. The Morgan fingerprint density at radius 2 is 0.279 bits per heavy atom. The lowest BCUT2D eigenvalue weighted by atomic mass is 10.1. The van der Waals surface area contributed by atoms with Crippen molar-refractivity contribution in [2.24, 2.45) is 14.1 Å². The van der Waals surface area contributed by atoms with E-state index in [4.69, 9.17) is 0 Å². The lowest BCUT2D eigenvalue weighted by Crippen LogP contribution is -3.00. The number of hydrogen-bond donors (Lipinski definition) is 0. The smallest absolute Gasteiger partial charge is 0.263 e. The largest absolute Gasteiger partial charge is 1.00 e. The number of aryl methyl sites for hydroxylation is 2. The van der Waals surface area contributed by atoms with Crippen LogP contribution in [-0.2, 0) is 14.1 Å². The van der Waals surface area contributed by atoms with Gasteiger partial charge < -0.3 is 24.0 Å². The second kappa shape index (κ2) is 39.1. The summed E-state index contributed by atoms with van der Waals surface area (Å²) in [5.74, 6) is -8.14. The van der Waals surface area contributed by atoms with Gasteiger partial charge in [0.2, 0.25) is 46.3 Å². The molecule has 0 saturated heterocycles. The summed E-state index contributed by atoms with van der Waals surface area (Å²) >= 11 is 0. The fourth-order valence-corrected chi connectivity index (χ4v) is 18.4. The number of amides is 8. The second-order valence-corrected chi connectivity index (χ2v) is 33.6. The number of halogens is 1. The van der Waals surface area contributed by atoms with E-state index < -0.39 is 93.5 Å². The van der Waals surface area contributed by atoms with E-state index in [0.717, 1.165) is 0 Å². The quantitative estimate of drug-likeness (QED) is 0.0774. The molecule has 8 aliphatic rings. The van der Waals surface area contributed by atoms with Gasteiger partial charge >= 0.3 is 0 Å². The molecule has 0 fully saturated rings. The van der Waals surface area contributed by atoms with Crippen molar-refractivity contribution in [1.29, 1.82) is 0 Å². The minimum atomic E-state index is -0.517. The van der Waals surface area contributed by atoms with Gasteiger partial charge in [-0.15, -0.1) is 0 Å². The molecule has 147 heavy (non-hydrogen) atoms. The van der Waals surface area contributed by atoms with Crippen LogP contribution in [-0.4, -0.2) is 123 Å². The van der Waals surface area contributed by atoms with Crippen molar-refractivity contribution in [2.75, 3.05) is 39.2 Å². The molecule has 0 atom stereocenters. The number of rotatable bonds is 8. The molecular formula is C114H70IN16O16+. The summed E-state index contributed by atoms with van der Waals surface area (Å²) in [5.41, 5.74) is 6.01. The molecule has 24 rings (SSSR count). The van der Waals surface area contributed by atoms with Gasteiger partial charge in [0.05, 0.1) is 56.6 Å². The Morgan fingerprint density at radius 3 is 0.401 bits per heavy atom. The summed E-state index contributed by atoms with van der Waals surface area (Å²) in [6, 6.07) is 78.1. The Labute approximate surface area is 851 Å². The minimum Gasteiger partial charge on any atom is -1.00 e. The molecule has 16 aromatic rings. The topological polar surface area (TPSA) is 384 Å². The van der Waals surface area contributed by atoms with Crippen LogP contribution in [0.1, 0.15) is 166 Å². The van der Waals surface area contributed by atoms with E-state index in [9.17, 15) is 76.7 Å². The van der Waals surface area contributed by atoms with E-state index in [2.05, 4.69) is 29.9 Å². The third kappa shape index (κ3) is 16.3. The molecule has 8 amide bonds. The van der Waals surface area contributed by atoms with Crippen LogP contribution < -0.4 is 72.3 Å². The predicted molar refractivity (Wildman–Crippen MR) is 529 cm³/mol. The maximum atomic E-state index is 13.9. The first-order chi connectivity index (χ1) is 71.1. The maximum absolute atomic E-state index is 13.9. The first-order valence-electron chi connectivity index (χ1n) is 45.2. The third-order valence-corrected chi connectivity index (χ3v) is 25.2. The van der Waals surface area contributed by atoms with E-state index in [1.54, 1.807) is 252 Å². The summed E-state index contributed by atoms with van der Waals surface area (Å²) in [6.07, 6.45) is 24.6. The van der Waals surface area contributed by atoms with Gasteiger partial charge in [0.15, 0.2) is 24.8 Å². The zero-order chi connectivity index (χ0) is 101. The molecule has 16 heterocycles. The molecule has 8 aromatic heterocycles. The normalized spacial score (nSPS) is 16.1. The third-order valence-electron chi connectivity index (χ3n) is 25.2. The number of Topliss-reactive ketones (excluding diaryl/α,β-unsaturated/α-hetero) is 8. The Hall–Kier alpha value is -20.2. The second-order valence-electron chi connectivity index (χ2n) is 33.6. The van der Waals surface area contributed by atoms with Crippen molar-refractivity contribution in [2.45, 2.75) is 0 Å². The summed E-state index contributed by atoms with van der Waals surface area (Å²) in [5, 5.41) is 0. The van der Waals surface area contributed by atoms with Gasteiger partial charge in [-0.1, -0.05) is 97.1 Å².